The number of methoxy groups -OCH3 is 1. The summed E-state index contributed by atoms with van der Waals surface area (Å²) in [6.07, 6.45) is 0.444. The molecule has 1 atom stereocenters. The molecular weight excluding hydrogens is 234 g/mol. The SMILES string of the molecule is COC(=O)c1ccc(NC2CNC(=O)C2)nc1C. The number of nitrogens with one attached hydrogen (secondary N) is 2. The molecule has 18 heavy (non-hydrogen) atoms. The van der Waals surface area contributed by atoms with Crippen LogP contribution in [0.5, 0.6) is 0 Å². The Morgan fingerprint density at radius 1 is 1.56 bits per heavy atom. The van der Waals surface area contributed by atoms with Crippen molar-refractivity contribution in [1.82, 2.24) is 10.3 Å². The number of pyridine rings is 1. The monoisotopic (exact) mass is 249 g/mol. The first-order valence-electron chi connectivity index (χ1n) is 5.69. The Morgan fingerprint density at radius 3 is 2.89 bits per heavy atom. The van der Waals surface area contributed by atoms with E-state index >= 15 is 0 Å². The maximum absolute atomic E-state index is 11.4. The number of aryl methyl sites for hydroxylation is 1. The lowest BCUT2D eigenvalue weighted by molar-refractivity contribution is -0.119. The van der Waals surface area contributed by atoms with E-state index in [9.17, 15) is 9.59 Å². The van der Waals surface area contributed by atoms with Crippen LogP contribution in [0.15, 0.2) is 12.1 Å². The lowest BCUT2D eigenvalue weighted by Gasteiger charge is -2.12. The van der Waals surface area contributed by atoms with Crippen molar-refractivity contribution in [3.05, 3.63) is 23.4 Å². The van der Waals surface area contributed by atoms with E-state index in [0.29, 0.717) is 30.0 Å². The molecule has 0 radical (unpaired) electrons. The second kappa shape index (κ2) is 5.03. The van der Waals surface area contributed by atoms with Crippen LogP contribution >= 0.6 is 0 Å². The maximum Gasteiger partial charge on any atom is 0.339 e. The van der Waals surface area contributed by atoms with Crippen molar-refractivity contribution >= 4 is 17.7 Å². The number of amides is 1. The van der Waals surface area contributed by atoms with Crippen molar-refractivity contribution < 1.29 is 14.3 Å². The predicted octanol–water partition coefficient (Wildman–Crippen LogP) is 0.477. The number of aromatic nitrogens is 1. The van der Waals surface area contributed by atoms with Crippen molar-refractivity contribution in [1.29, 1.82) is 0 Å². The van der Waals surface area contributed by atoms with Gasteiger partial charge in [-0.25, -0.2) is 9.78 Å². The Hall–Kier alpha value is -2.11. The van der Waals surface area contributed by atoms with Crippen LogP contribution in [0.3, 0.4) is 0 Å². The van der Waals surface area contributed by atoms with Crippen LogP contribution in [-0.4, -0.2) is 36.6 Å². The summed E-state index contributed by atoms with van der Waals surface area (Å²) in [6, 6.07) is 3.43. The molecule has 0 aromatic carbocycles. The van der Waals surface area contributed by atoms with E-state index in [1.54, 1.807) is 19.1 Å². The molecule has 6 nitrogen and oxygen atoms in total. The van der Waals surface area contributed by atoms with E-state index < -0.39 is 5.97 Å². The van der Waals surface area contributed by atoms with Gasteiger partial charge in [0.15, 0.2) is 0 Å². The van der Waals surface area contributed by atoms with Crippen LogP contribution in [0, 0.1) is 6.92 Å². The molecule has 6 heteroatoms. The number of ether oxygens (including phenoxy) is 1. The third-order valence-electron chi connectivity index (χ3n) is 2.82. The van der Waals surface area contributed by atoms with Crippen molar-refractivity contribution in [2.75, 3.05) is 19.0 Å². The quantitative estimate of drug-likeness (QED) is 0.761. The van der Waals surface area contributed by atoms with Gasteiger partial charge in [0.1, 0.15) is 5.82 Å². The zero-order chi connectivity index (χ0) is 13.1. The predicted molar refractivity (Wildman–Crippen MR) is 65.4 cm³/mol. The molecule has 0 saturated carbocycles. The van der Waals surface area contributed by atoms with Crippen molar-refractivity contribution in [3.63, 3.8) is 0 Å². The van der Waals surface area contributed by atoms with Gasteiger partial charge in [0.2, 0.25) is 5.91 Å². The number of nitrogens with zero attached hydrogens (tertiary/aromatic N) is 1. The van der Waals surface area contributed by atoms with Gasteiger partial charge >= 0.3 is 5.97 Å². The van der Waals surface area contributed by atoms with Crippen LogP contribution in [0.4, 0.5) is 5.82 Å². The topological polar surface area (TPSA) is 80.3 Å². The second-order valence-electron chi connectivity index (χ2n) is 4.17. The summed E-state index contributed by atoms with van der Waals surface area (Å²) in [5.41, 5.74) is 1.05. The highest BCUT2D eigenvalue weighted by Crippen LogP contribution is 2.14. The molecule has 2 N–H and O–H groups in total. The number of carbonyl (C=O) groups excluding carboxylic acids is 2. The molecule has 0 bridgehead atoms. The lowest BCUT2D eigenvalue weighted by Crippen LogP contribution is -2.23. The Balaban J connectivity index is 2.09. The van der Waals surface area contributed by atoms with Gasteiger partial charge in [-0.15, -0.1) is 0 Å². The standard InChI is InChI=1S/C12H15N3O3/c1-7-9(12(17)18-2)3-4-10(14-7)15-8-5-11(16)13-6-8/h3-4,8H,5-6H2,1-2H3,(H,13,16)(H,14,15). The molecule has 1 aliphatic heterocycles. The van der Waals surface area contributed by atoms with E-state index in [4.69, 9.17) is 0 Å². The van der Waals surface area contributed by atoms with Gasteiger partial charge in [0, 0.05) is 13.0 Å². The van der Waals surface area contributed by atoms with Gasteiger partial charge in [-0.3, -0.25) is 4.79 Å². The van der Waals surface area contributed by atoms with Gasteiger partial charge < -0.3 is 15.4 Å². The van der Waals surface area contributed by atoms with E-state index in [1.807, 2.05) is 0 Å². The summed E-state index contributed by atoms with van der Waals surface area (Å²) in [7, 11) is 1.34. The number of anilines is 1. The van der Waals surface area contributed by atoms with Crippen LogP contribution < -0.4 is 10.6 Å². The second-order valence-corrected chi connectivity index (χ2v) is 4.17. The van der Waals surface area contributed by atoms with Gasteiger partial charge in [0.05, 0.1) is 24.4 Å². The third kappa shape index (κ3) is 2.58. The zero-order valence-electron chi connectivity index (χ0n) is 10.3. The average molecular weight is 249 g/mol. The van der Waals surface area contributed by atoms with E-state index in [0.717, 1.165) is 0 Å². The van der Waals surface area contributed by atoms with Crippen LogP contribution in [0.2, 0.25) is 0 Å². The molecule has 1 amide bonds. The molecular formula is C12H15N3O3. The fourth-order valence-corrected chi connectivity index (χ4v) is 1.88. The Kier molecular flexibility index (Phi) is 3.45. The minimum Gasteiger partial charge on any atom is -0.465 e. The Bertz CT molecular complexity index is 487. The highest BCUT2D eigenvalue weighted by molar-refractivity contribution is 5.90. The van der Waals surface area contributed by atoms with Gasteiger partial charge in [-0.2, -0.15) is 0 Å². The molecule has 1 fully saturated rings. The Morgan fingerprint density at radius 2 is 2.33 bits per heavy atom. The molecule has 1 aromatic heterocycles. The largest absolute Gasteiger partial charge is 0.465 e. The average Bonchev–Trinajstić information content (AvgIpc) is 2.74. The van der Waals surface area contributed by atoms with Crippen molar-refractivity contribution in [2.45, 2.75) is 19.4 Å². The molecule has 1 saturated heterocycles. The van der Waals surface area contributed by atoms with Crippen molar-refractivity contribution in [3.8, 4) is 0 Å². The van der Waals surface area contributed by atoms with Crippen LogP contribution in [0.1, 0.15) is 22.5 Å². The minimum atomic E-state index is -0.399. The van der Waals surface area contributed by atoms with Gasteiger partial charge in [0.25, 0.3) is 0 Å². The lowest BCUT2D eigenvalue weighted by atomic mass is 10.2. The first-order valence-corrected chi connectivity index (χ1v) is 5.69. The molecule has 96 valence electrons. The van der Waals surface area contributed by atoms with Gasteiger partial charge in [-0.05, 0) is 19.1 Å². The number of hydrogen-bond donors (Lipinski definition) is 2. The highest BCUT2D eigenvalue weighted by atomic mass is 16.5. The van der Waals surface area contributed by atoms with E-state index in [2.05, 4.69) is 20.4 Å². The molecule has 0 aliphatic carbocycles. The van der Waals surface area contributed by atoms with E-state index in [1.165, 1.54) is 7.11 Å². The summed E-state index contributed by atoms with van der Waals surface area (Å²) in [6.45, 7) is 2.34. The first kappa shape index (κ1) is 12.3. The maximum atomic E-state index is 11.4. The summed E-state index contributed by atoms with van der Waals surface area (Å²) < 4.78 is 4.65. The van der Waals surface area contributed by atoms with E-state index in [-0.39, 0.29) is 11.9 Å². The first-order chi connectivity index (χ1) is 8.60. The fraction of sp³-hybridized carbons (Fsp3) is 0.417. The summed E-state index contributed by atoms with van der Waals surface area (Å²) in [4.78, 5) is 26.7. The molecule has 1 unspecified atom stereocenters. The van der Waals surface area contributed by atoms with Crippen LogP contribution in [-0.2, 0) is 9.53 Å². The molecule has 2 rings (SSSR count). The molecule has 1 aliphatic rings. The summed E-state index contributed by atoms with van der Waals surface area (Å²) >= 11 is 0. The van der Waals surface area contributed by atoms with Crippen LogP contribution in [0.25, 0.3) is 0 Å². The normalized spacial score (nSPS) is 18.3. The van der Waals surface area contributed by atoms with Crippen molar-refractivity contribution in [2.24, 2.45) is 0 Å². The Labute approximate surface area is 105 Å². The molecule has 0 spiro atoms. The summed E-state index contributed by atoms with van der Waals surface area (Å²) in [5, 5.41) is 5.89. The molecule has 2 heterocycles. The number of esters is 1. The number of hydrogen-bond acceptors (Lipinski definition) is 5. The third-order valence-corrected chi connectivity index (χ3v) is 2.82. The zero-order valence-corrected chi connectivity index (χ0v) is 10.3. The molecule has 1 aromatic rings. The highest BCUT2D eigenvalue weighted by Gasteiger charge is 2.21. The smallest absolute Gasteiger partial charge is 0.339 e. The van der Waals surface area contributed by atoms with Gasteiger partial charge in [-0.1, -0.05) is 0 Å². The number of carbonyl (C=O) groups is 2. The fourth-order valence-electron chi connectivity index (χ4n) is 1.88. The number of rotatable bonds is 3. The minimum absolute atomic E-state index is 0.0374. The summed E-state index contributed by atoms with van der Waals surface area (Å²) in [5.74, 6) is 0.293.